The molecule has 20 heavy (non-hydrogen) atoms. The average molecular weight is 272 g/mol. The quantitative estimate of drug-likeness (QED) is 0.658. The van der Waals surface area contributed by atoms with Crippen LogP contribution in [-0.2, 0) is 4.79 Å². The molecule has 7 nitrogen and oxygen atoms in total. The molecule has 0 aliphatic heterocycles. The monoisotopic (exact) mass is 272 g/mol. The van der Waals surface area contributed by atoms with Gasteiger partial charge in [-0.05, 0) is 18.2 Å². The summed E-state index contributed by atoms with van der Waals surface area (Å²) in [6.45, 7) is 1.42. The second-order valence-electron chi connectivity index (χ2n) is 4.04. The summed E-state index contributed by atoms with van der Waals surface area (Å²) in [6.07, 6.45) is 1.36. The molecule has 102 valence electrons. The van der Waals surface area contributed by atoms with Crippen LogP contribution < -0.4 is 10.6 Å². The lowest BCUT2D eigenvalue weighted by Gasteiger charge is -2.07. The predicted octanol–water partition coefficient (Wildman–Crippen LogP) is 2.69. The number of benzene rings is 1. The summed E-state index contributed by atoms with van der Waals surface area (Å²) in [5.74, 6) is 0.190. The Labute approximate surface area is 114 Å². The van der Waals surface area contributed by atoms with Gasteiger partial charge in [0, 0.05) is 30.6 Å². The highest BCUT2D eigenvalue weighted by Crippen LogP contribution is 2.21. The van der Waals surface area contributed by atoms with Crippen LogP contribution in [-0.4, -0.2) is 15.8 Å². The van der Waals surface area contributed by atoms with Gasteiger partial charge >= 0.3 is 0 Å². The summed E-state index contributed by atoms with van der Waals surface area (Å²) >= 11 is 0. The fourth-order valence-electron chi connectivity index (χ4n) is 1.63. The Balaban J connectivity index is 2.19. The molecule has 0 saturated heterocycles. The number of amides is 1. The minimum Gasteiger partial charge on any atom is -0.340 e. The Kier molecular flexibility index (Phi) is 3.90. The highest BCUT2D eigenvalue weighted by molar-refractivity contribution is 5.89. The van der Waals surface area contributed by atoms with Crippen molar-refractivity contribution in [3.8, 4) is 0 Å². The highest BCUT2D eigenvalue weighted by Gasteiger charge is 2.07. The number of nitro groups is 1. The molecule has 2 rings (SSSR count). The Bertz CT molecular complexity index is 658. The third-order valence-electron chi connectivity index (χ3n) is 2.41. The van der Waals surface area contributed by atoms with Gasteiger partial charge < -0.3 is 10.6 Å². The van der Waals surface area contributed by atoms with E-state index in [1.54, 1.807) is 24.3 Å². The normalized spacial score (nSPS) is 9.85. The molecule has 0 atom stereocenters. The molecule has 0 spiro atoms. The zero-order valence-electron chi connectivity index (χ0n) is 10.7. The Hall–Kier alpha value is -2.96. The van der Waals surface area contributed by atoms with E-state index in [0.29, 0.717) is 17.2 Å². The molecule has 1 amide bonds. The maximum Gasteiger partial charge on any atom is 0.274 e. The van der Waals surface area contributed by atoms with E-state index in [1.165, 1.54) is 25.3 Å². The molecule has 7 heteroatoms. The second-order valence-corrected chi connectivity index (χ2v) is 4.04. The number of hydrogen-bond acceptors (Lipinski definition) is 5. The van der Waals surface area contributed by atoms with E-state index < -0.39 is 4.92 Å². The van der Waals surface area contributed by atoms with Crippen LogP contribution >= 0.6 is 0 Å². The highest BCUT2D eigenvalue weighted by atomic mass is 16.6. The van der Waals surface area contributed by atoms with Crippen LogP contribution in [0.2, 0.25) is 0 Å². The standard InChI is InChI=1S/C13H12N4O3/c1-9(18)15-10-3-2-4-11(7-10)16-13-8-12(17(19)20)5-6-14-13/h2-8H,1H3,(H,14,16)(H,15,18). The summed E-state index contributed by atoms with van der Waals surface area (Å²) < 4.78 is 0. The van der Waals surface area contributed by atoms with Crippen LogP contribution in [0.3, 0.4) is 0 Å². The van der Waals surface area contributed by atoms with Gasteiger partial charge in [-0.25, -0.2) is 4.98 Å². The molecule has 0 unspecified atom stereocenters. The molecule has 1 aromatic heterocycles. The van der Waals surface area contributed by atoms with Crippen LogP contribution in [0.1, 0.15) is 6.92 Å². The Morgan fingerprint density at radius 2 is 2.00 bits per heavy atom. The van der Waals surface area contributed by atoms with Gasteiger partial charge in [0.25, 0.3) is 5.69 Å². The molecule has 2 aromatic rings. The summed E-state index contributed by atoms with van der Waals surface area (Å²) in [5, 5.41) is 16.3. The number of nitrogens with one attached hydrogen (secondary N) is 2. The topological polar surface area (TPSA) is 97.2 Å². The van der Waals surface area contributed by atoms with Crippen LogP contribution in [0.15, 0.2) is 42.6 Å². The van der Waals surface area contributed by atoms with Crippen LogP contribution in [0, 0.1) is 10.1 Å². The first-order valence-corrected chi connectivity index (χ1v) is 5.80. The second kappa shape index (κ2) is 5.79. The van der Waals surface area contributed by atoms with E-state index in [-0.39, 0.29) is 11.6 Å². The van der Waals surface area contributed by atoms with Gasteiger partial charge in [-0.3, -0.25) is 14.9 Å². The predicted molar refractivity (Wildman–Crippen MR) is 74.9 cm³/mol. The third-order valence-corrected chi connectivity index (χ3v) is 2.41. The van der Waals surface area contributed by atoms with Gasteiger partial charge in [0.05, 0.1) is 11.0 Å². The van der Waals surface area contributed by atoms with Gasteiger partial charge in [-0.1, -0.05) is 6.07 Å². The number of nitrogens with zero attached hydrogens (tertiary/aromatic N) is 2. The number of hydrogen-bond donors (Lipinski definition) is 2. The third kappa shape index (κ3) is 3.52. The molecule has 2 N–H and O–H groups in total. The van der Waals surface area contributed by atoms with Crippen LogP contribution in [0.4, 0.5) is 22.9 Å². The van der Waals surface area contributed by atoms with Crippen molar-refractivity contribution in [2.45, 2.75) is 6.92 Å². The first kappa shape index (κ1) is 13.5. The van der Waals surface area contributed by atoms with Crippen LogP contribution in [0.5, 0.6) is 0 Å². The van der Waals surface area contributed by atoms with E-state index in [0.717, 1.165) is 0 Å². The average Bonchev–Trinajstić information content (AvgIpc) is 2.38. The maximum absolute atomic E-state index is 11.0. The molecule has 0 bridgehead atoms. The van der Waals surface area contributed by atoms with E-state index >= 15 is 0 Å². The lowest BCUT2D eigenvalue weighted by Crippen LogP contribution is -2.05. The Morgan fingerprint density at radius 1 is 1.25 bits per heavy atom. The summed E-state index contributed by atoms with van der Waals surface area (Å²) in [7, 11) is 0. The lowest BCUT2D eigenvalue weighted by molar-refractivity contribution is -0.384. The van der Waals surface area contributed by atoms with Crippen molar-refractivity contribution in [3.63, 3.8) is 0 Å². The minimum absolute atomic E-state index is 0.0412. The molecule has 0 saturated carbocycles. The molecule has 0 fully saturated rings. The lowest BCUT2D eigenvalue weighted by atomic mass is 10.2. The van der Waals surface area contributed by atoms with Gasteiger partial charge in [0.2, 0.25) is 5.91 Å². The molecule has 0 radical (unpaired) electrons. The van der Waals surface area contributed by atoms with Gasteiger partial charge in [0.15, 0.2) is 0 Å². The first-order valence-electron chi connectivity index (χ1n) is 5.80. The minimum atomic E-state index is -0.486. The van der Waals surface area contributed by atoms with Crippen molar-refractivity contribution in [2.24, 2.45) is 0 Å². The van der Waals surface area contributed by atoms with Crippen molar-refractivity contribution in [3.05, 3.63) is 52.7 Å². The first-order chi connectivity index (χ1) is 9.54. The fraction of sp³-hybridized carbons (Fsp3) is 0.0769. The summed E-state index contributed by atoms with van der Waals surface area (Å²) in [4.78, 5) is 25.2. The van der Waals surface area contributed by atoms with E-state index in [4.69, 9.17) is 0 Å². The summed E-state index contributed by atoms with van der Waals surface area (Å²) in [6, 6.07) is 9.64. The smallest absolute Gasteiger partial charge is 0.274 e. The van der Waals surface area contributed by atoms with Crippen molar-refractivity contribution in [1.29, 1.82) is 0 Å². The van der Waals surface area contributed by atoms with Gasteiger partial charge in [-0.15, -0.1) is 0 Å². The molecule has 1 aromatic carbocycles. The SMILES string of the molecule is CC(=O)Nc1cccc(Nc2cc([N+](=O)[O-])ccn2)c1. The zero-order valence-corrected chi connectivity index (χ0v) is 10.7. The molecule has 0 aliphatic rings. The number of carbonyl (C=O) groups is 1. The van der Waals surface area contributed by atoms with Gasteiger partial charge in [0.1, 0.15) is 5.82 Å². The largest absolute Gasteiger partial charge is 0.340 e. The maximum atomic E-state index is 11.0. The van der Waals surface area contributed by atoms with E-state index in [1.807, 2.05) is 0 Å². The van der Waals surface area contributed by atoms with E-state index in [2.05, 4.69) is 15.6 Å². The number of anilines is 3. The number of rotatable bonds is 4. The van der Waals surface area contributed by atoms with Crippen molar-refractivity contribution >= 4 is 28.8 Å². The fourth-order valence-corrected chi connectivity index (χ4v) is 1.63. The molecular formula is C13H12N4O3. The molecule has 0 aliphatic carbocycles. The van der Waals surface area contributed by atoms with Gasteiger partial charge in [-0.2, -0.15) is 0 Å². The number of pyridine rings is 1. The zero-order chi connectivity index (χ0) is 14.5. The molecular weight excluding hydrogens is 260 g/mol. The van der Waals surface area contributed by atoms with Crippen molar-refractivity contribution < 1.29 is 9.72 Å². The van der Waals surface area contributed by atoms with Crippen molar-refractivity contribution in [2.75, 3.05) is 10.6 Å². The number of aromatic nitrogens is 1. The van der Waals surface area contributed by atoms with E-state index in [9.17, 15) is 14.9 Å². The molecule has 1 heterocycles. The summed E-state index contributed by atoms with van der Waals surface area (Å²) in [5.41, 5.74) is 1.26. The number of carbonyl (C=O) groups excluding carboxylic acids is 1. The Morgan fingerprint density at radius 3 is 2.70 bits per heavy atom. The van der Waals surface area contributed by atoms with Crippen molar-refractivity contribution in [1.82, 2.24) is 4.98 Å². The van der Waals surface area contributed by atoms with Crippen LogP contribution in [0.25, 0.3) is 0 Å².